The Morgan fingerprint density at radius 3 is 2.50 bits per heavy atom. The third-order valence-electron chi connectivity index (χ3n) is 2.37. The molecule has 80 valence electrons. The van der Waals surface area contributed by atoms with Crippen molar-refractivity contribution in [1.29, 1.82) is 0 Å². The molecule has 0 radical (unpaired) electrons. The minimum absolute atomic E-state index is 0.145. The molecule has 2 unspecified atom stereocenters. The van der Waals surface area contributed by atoms with Crippen molar-refractivity contribution in [2.24, 2.45) is 0 Å². The second-order valence-corrected chi connectivity index (χ2v) is 4.02. The summed E-state index contributed by atoms with van der Waals surface area (Å²) in [7, 11) is 0. The molecule has 0 bridgehead atoms. The highest BCUT2D eigenvalue weighted by molar-refractivity contribution is 5.87. The molecular formula is C11H20N2O. The van der Waals surface area contributed by atoms with E-state index in [0.29, 0.717) is 12.1 Å². The fourth-order valence-electron chi connectivity index (χ4n) is 1.83. The average Bonchev–Trinajstić information content (AvgIpc) is 2.12. The van der Waals surface area contributed by atoms with Crippen molar-refractivity contribution in [3.05, 3.63) is 12.2 Å². The zero-order valence-corrected chi connectivity index (χ0v) is 9.29. The van der Waals surface area contributed by atoms with Crippen molar-refractivity contribution >= 4 is 5.91 Å². The van der Waals surface area contributed by atoms with Gasteiger partial charge in [0.05, 0.1) is 0 Å². The van der Waals surface area contributed by atoms with Crippen LogP contribution in [0.25, 0.3) is 0 Å². The highest BCUT2D eigenvalue weighted by Crippen LogP contribution is 2.04. The van der Waals surface area contributed by atoms with E-state index in [9.17, 15) is 4.79 Å². The fourth-order valence-corrected chi connectivity index (χ4v) is 1.83. The summed E-state index contributed by atoms with van der Waals surface area (Å²) >= 11 is 0. The summed E-state index contributed by atoms with van der Waals surface area (Å²) in [6, 6.07) is 0.801. The lowest BCUT2D eigenvalue weighted by molar-refractivity contribution is -0.127. The molecule has 0 spiro atoms. The Balaban J connectivity index is 2.50. The van der Waals surface area contributed by atoms with Gasteiger partial charge in [0.15, 0.2) is 0 Å². The molecule has 1 rings (SSSR count). The van der Waals surface area contributed by atoms with Gasteiger partial charge in [-0.05, 0) is 26.3 Å². The van der Waals surface area contributed by atoms with Crippen LogP contribution in [0.5, 0.6) is 0 Å². The predicted octanol–water partition coefficient (Wildman–Crippen LogP) is 1.16. The molecule has 0 aliphatic carbocycles. The Morgan fingerprint density at radius 2 is 2.00 bits per heavy atom. The summed E-state index contributed by atoms with van der Waals surface area (Å²) in [5, 5.41) is 3.40. The van der Waals surface area contributed by atoms with Gasteiger partial charge in [0.25, 0.3) is 0 Å². The molecule has 3 heteroatoms. The lowest BCUT2D eigenvalue weighted by Gasteiger charge is -2.35. The first-order valence-corrected chi connectivity index (χ1v) is 5.35. The molecule has 0 aromatic heterocycles. The van der Waals surface area contributed by atoms with Crippen molar-refractivity contribution < 1.29 is 4.79 Å². The quantitative estimate of drug-likeness (QED) is 0.672. The fraction of sp³-hybridized carbons (Fsp3) is 0.727. The topological polar surface area (TPSA) is 32.3 Å². The molecular weight excluding hydrogens is 176 g/mol. The molecule has 0 aromatic rings. The Morgan fingerprint density at radius 1 is 1.43 bits per heavy atom. The number of hydrogen-bond donors (Lipinski definition) is 1. The summed E-state index contributed by atoms with van der Waals surface area (Å²) < 4.78 is 0. The summed E-state index contributed by atoms with van der Waals surface area (Å²) in [6.45, 7) is 7.89. The van der Waals surface area contributed by atoms with E-state index in [1.54, 1.807) is 6.08 Å². The highest BCUT2D eigenvalue weighted by Gasteiger charge is 2.22. The summed E-state index contributed by atoms with van der Waals surface area (Å²) in [5.41, 5.74) is 0. The highest BCUT2D eigenvalue weighted by atomic mass is 16.2. The van der Waals surface area contributed by atoms with Crippen LogP contribution in [-0.2, 0) is 4.79 Å². The van der Waals surface area contributed by atoms with Gasteiger partial charge < -0.3 is 10.2 Å². The first-order chi connectivity index (χ1) is 6.63. The SMILES string of the molecule is CCC=CC(=O)N1CC(C)NC(C)C1. The first-order valence-electron chi connectivity index (χ1n) is 5.35. The zero-order valence-electron chi connectivity index (χ0n) is 9.29. The van der Waals surface area contributed by atoms with E-state index in [1.165, 1.54) is 0 Å². The smallest absolute Gasteiger partial charge is 0.246 e. The van der Waals surface area contributed by atoms with Gasteiger partial charge in [-0.3, -0.25) is 4.79 Å². The van der Waals surface area contributed by atoms with E-state index >= 15 is 0 Å². The Labute approximate surface area is 86.2 Å². The van der Waals surface area contributed by atoms with Crippen LogP contribution in [-0.4, -0.2) is 36.0 Å². The molecule has 1 heterocycles. The Bertz CT molecular complexity index is 215. The maximum atomic E-state index is 11.7. The van der Waals surface area contributed by atoms with Gasteiger partial charge in [0.1, 0.15) is 0 Å². The minimum atomic E-state index is 0.145. The van der Waals surface area contributed by atoms with Crippen LogP contribution >= 0.6 is 0 Å². The molecule has 3 nitrogen and oxygen atoms in total. The standard InChI is InChI=1S/C11H20N2O/c1-4-5-6-11(14)13-7-9(2)12-10(3)8-13/h5-6,9-10,12H,4,7-8H2,1-3H3. The molecule has 2 atom stereocenters. The molecule has 14 heavy (non-hydrogen) atoms. The van der Waals surface area contributed by atoms with E-state index in [0.717, 1.165) is 19.5 Å². The molecule has 1 saturated heterocycles. The van der Waals surface area contributed by atoms with Gasteiger partial charge in [0.2, 0.25) is 5.91 Å². The molecule has 0 saturated carbocycles. The number of hydrogen-bond acceptors (Lipinski definition) is 2. The number of allylic oxidation sites excluding steroid dienone is 1. The van der Waals surface area contributed by atoms with E-state index in [1.807, 2.05) is 17.9 Å². The number of nitrogens with zero attached hydrogens (tertiary/aromatic N) is 1. The van der Waals surface area contributed by atoms with Crippen LogP contribution in [0.4, 0.5) is 0 Å². The lowest BCUT2D eigenvalue weighted by atomic mass is 10.1. The van der Waals surface area contributed by atoms with Crippen LogP contribution in [0.3, 0.4) is 0 Å². The van der Waals surface area contributed by atoms with Crippen LogP contribution in [0, 0.1) is 0 Å². The van der Waals surface area contributed by atoms with E-state index in [-0.39, 0.29) is 5.91 Å². The van der Waals surface area contributed by atoms with Gasteiger partial charge >= 0.3 is 0 Å². The number of nitrogens with one attached hydrogen (secondary N) is 1. The van der Waals surface area contributed by atoms with Gasteiger partial charge in [-0.25, -0.2) is 0 Å². The van der Waals surface area contributed by atoms with Crippen molar-refractivity contribution in [1.82, 2.24) is 10.2 Å². The van der Waals surface area contributed by atoms with Crippen molar-refractivity contribution in [3.63, 3.8) is 0 Å². The normalized spacial score (nSPS) is 28.4. The third kappa shape index (κ3) is 3.14. The molecule has 1 aliphatic heterocycles. The second-order valence-electron chi connectivity index (χ2n) is 4.02. The first kappa shape index (κ1) is 11.2. The summed E-state index contributed by atoms with van der Waals surface area (Å²) in [6.07, 6.45) is 4.52. The van der Waals surface area contributed by atoms with Crippen LogP contribution in [0.1, 0.15) is 27.2 Å². The predicted molar refractivity (Wildman–Crippen MR) is 58.1 cm³/mol. The van der Waals surface area contributed by atoms with Crippen molar-refractivity contribution in [2.75, 3.05) is 13.1 Å². The maximum absolute atomic E-state index is 11.7. The largest absolute Gasteiger partial charge is 0.336 e. The number of carbonyl (C=O) groups is 1. The van der Waals surface area contributed by atoms with Crippen molar-refractivity contribution in [2.45, 2.75) is 39.3 Å². The second kappa shape index (κ2) is 5.15. The van der Waals surface area contributed by atoms with E-state index < -0.39 is 0 Å². The summed E-state index contributed by atoms with van der Waals surface area (Å²) in [4.78, 5) is 13.6. The molecule has 0 aromatic carbocycles. The van der Waals surface area contributed by atoms with Crippen LogP contribution in [0.2, 0.25) is 0 Å². The lowest BCUT2D eigenvalue weighted by Crippen LogP contribution is -2.55. The molecule has 1 fully saturated rings. The van der Waals surface area contributed by atoms with Gasteiger partial charge in [-0.15, -0.1) is 0 Å². The molecule has 1 amide bonds. The minimum Gasteiger partial charge on any atom is -0.336 e. The summed E-state index contributed by atoms with van der Waals surface area (Å²) in [5.74, 6) is 0.145. The maximum Gasteiger partial charge on any atom is 0.246 e. The van der Waals surface area contributed by atoms with Crippen LogP contribution < -0.4 is 5.32 Å². The number of amides is 1. The van der Waals surface area contributed by atoms with Crippen molar-refractivity contribution in [3.8, 4) is 0 Å². The monoisotopic (exact) mass is 196 g/mol. The van der Waals surface area contributed by atoms with E-state index in [2.05, 4.69) is 19.2 Å². The van der Waals surface area contributed by atoms with Gasteiger partial charge in [-0.1, -0.05) is 13.0 Å². The van der Waals surface area contributed by atoms with E-state index in [4.69, 9.17) is 0 Å². The average molecular weight is 196 g/mol. The number of rotatable bonds is 2. The molecule has 1 aliphatic rings. The third-order valence-corrected chi connectivity index (χ3v) is 2.37. The van der Waals surface area contributed by atoms with Gasteiger partial charge in [-0.2, -0.15) is 0 Å². The zero-order chi connectivity index (χ0) is 10.6. The van der Waals surface area contributed by atoms with Crippen LogP contribution in [0.15, 0.2) is 12.2 Å². The number of piperazine rings is 1. The number of carbonyl (C=O) groups excluding carboxylic acids is 1. The Kier molecular flexibility index (Phi) is 4.14. The van der Waals surface area contributed by atoms with Gasteiger partial charge in [0, 0.05) is 25.2 Å². The molecule has 1 N–H and O–H groups in total. The Hall–Kier alpha value is -0.830.